The molecule has 34 heavy (non-hydrogen) atoms. The number of carbonyl (C=O) groups excluding carboxylic acids is 2. The Hall–Kier alpha value is -2.19. The van der Waals surface area contributed by atoms with Crippen molar-refractivity contribution in [2.75, 3.05) is 13.1 Å². The Bertz CT molecular complexity index is 904. The van der Waals surface area contributed by atoms with Gasteiger partial charge in [0.05, 0.1) is 4.91 Å². The highest BCUT2D eigenvalue weighted by Crippen LogP contribution is 2.33. The van der Waals surface area contributed by atoms with Crippen LogP contribution in [-0.4, -0.2) is 45.2 Å². The standard InChI is InChI=1S/C26H36N2O4S2/c1-26(2,3)20-14-12-19(13-15-20)18-21-24(32)28(25(33)34-21)17-9-5-6-10-22(29)27-16-8-4-7-11-23(30)31/h12-15,18H,4-11,16-17H2,1-3H3,(H,27,29)(H,30,31)/b21-18-. The molecule has 1 aromatic carbocycles. The lowest BCUT2D eigenvalue weighted by Crippen LogP contribution is -2.29. The molecule has 6 nitrogen and oxygen atoms in total. The third-order valence-electron chi connectivity index (χ3n) is 5.62. The van der Waals surface area contributed by atoms with E-state index in [4.69, 9.17) is 17.3 Å². The van der Waals surface area contributed by atoms with E-state index in [9.17, 15) is 14.4 Å². The Kier molecular flexibility index (Phi) is 11.2. The maximum Gasteiger partial charge on any atom is 0.303 e. The van der Waals surface area contributed by atoms with Crippen LogP contribution in [0.4, 0.5) is 0 Å². The van der Waals surface area contributed by atoms with Crippen molar-refractivity contribution >= 4 is 52.2 Å². The maximum atomic E-state index is 12.8. The van der Waals surface area contributed by atoms with Gasteiger partial charge >= 0.3 is 5.97 Å². The van der Waals surface area contributed by atoms with E-state index in [1.807, 2.05) is 18.2 Å². The van der Waals surface area contributed by atoms with E-state index in [1.54, 1.807) is 4.90 Å². The van der Waals surface area contributed by atoms with E-state index in [0.717, 1.165) is 37.7 Å². The summed E-state index contributed by atoms with van der Waals surface area (Å²) in [5.41, 5.74) is 2.33. The van der Waals surface area contributed by atoms with E-state index in [0.29, 0.717) is 35.2 Å². The largest absolute Gasteiger partial charge is 0.481 e. The molecule has 8 heteroatoms. The van der Waals surface area contributed by atoms with Crippen molar-refractivity contribution in [3.05, 3.63) is 40.3 Å². The van der Waals surface area contributed by atoms with Crippen LogP contribution < -0.4 is 5.32 Å². The number of nitrogens with one attached hydrogen (secondary N) is 1. The van der Waals surface area contributed by atoms with Crippen LogP contribution in [0.2, 0.25) is 0 Å². The minimum Gasteiger partial charge on any atom is -0.481 e. The normalized spacial score (nSPS) is 15.3. The Morgan fingerprint density at radius 3 is 2.32 bits per heavy atom. The van der Waals surface area contributed by atoms with Crippen molar-refractivity contribution in [1.29, 1.82) is 0 Å². The van der Waals surface area contributed by atoms with Crippen molar-refractivity contribution in [2.24, 2.45) is 0 Å². The monoisotopic (exact) mass is 504 g/mol. The molecule has 2 N–H and O–H groups in total. The average molecular weight is 505 g/mol. The van der Waals surface area contributed by atoms with Gasteiger partial charge < -0.3 is 10.4 Å². The predicted octanol–water partition coefficient (Wildman–Crippen LogP) is 5.51. The summed E-state index contributed by atoms with van der Waals surface area (Å²) in [5, 5.41) is 11.5. The molecule has 1 aliphatic rings. The molecule has 1 saturated heterocycles. The number of nitrogens with zero attached hydrogens (tertiary/aromatic N) is 1. The molecule has 0 atom stereocenters. The number of aliphatic carboxylic acids is 1. The fourth-order valence-corrected chi connectivity index (χ4v) is 4.86. The highest BCUT2D eigenvalue weighted by molar-refractivity contribution is 8.26. The molecule has 0 spiro atoms. The van der Waals surface area contributed by atoms with Crippen molar-refractivity contribution in [3.63, 3.8) is 0 Å². The fourth-order valence-electron chi connectivity index (χ4n) is 3.55. The number of thiocarbonyl (C=S) groups is 1. The highest BCUT2D eigenvalue weighted by Gasteiger charge is 2.31. The first kappa shape index (κ1) is 28.1. The highest BCUT2D eigenvalue weighted by atomic mass is 32.2. The number of carboxylic acid groups (broad SMARTS) is 1. The SMILES string of the molecule is CC(C)(C)c1ccc(/C=C2\SC(=S)N(CCCCCC(=O)NCCCCCC(=O)O)C2=O)cc1. The van der Waals surface area contributed by atoms with Crippen molar-refractivity contribution < 1.29 is 19.5 Å². The Labute approximate surface area is 212 Å². The Balaban J connectivity index is 1.67. The smallest absolute Gasteiger partial charge is 0.303 e. The first-order valence-electron chi connectivity index (χ1n) is 11.9. The summed E-state index contributed by atoms with van der Waals surface area (Å²) in [6.45, 7) is 7.67. The molecule has 1 heterocycles. The average Bonchev–Trinajstić information content (AvgIpc) is 3.02. The Morgan fingerprint density at radius 2 is 1.68 bits per heavy atom. The number of benzene rings is 1. The minimum atomic E-state index is -0.780. The lowest BCUT2D eigenvalue weighted by molar-refractivity contribution is -0.137. The summed E-state index contributed by atoms with van der Waals surface area (Å²) < 4.78 is 0.586. The summed E-state index contributed by atoms with van der Waals surface area (Å²) in [4.78, 5) is 37.5. The molecule has 0 bridgehead atoms. The maximum absolute atomic E-state index is 12.8. The molecular formula is C26H36N2O4S2. The van der Waals surface area contributed by atoms with Crippen molar-refractivity contribution in [3.8, 4) is 0 Å². The summed E-state index contributed by atoms with van der Waals surface area (Å²) in [6.07, 6.45) is 7.16. The fraction of sp³-hybridized carbons (Fsp3) is 0.538. The van der Waals surface area contributed by atoms with Crippen molar-refractivity contribution in [2.45, 2.75) is 77.6 Å². The number of thioether (sulfide) groups is 1. The topological polar surface area (TPSA) is 86.7 Å². The Morgan fingerprint density at radius 1 is 1.03 bits per heavy atom. The van der Waals surface area contributed by atoms with Gasteiger partial charge in [-0.15, -0.1) is 0 Å². The molecular weight excluding hydrogens is 468 g/mol. The lowest BCUT2D eigenvalue weighted by Gasteiger charge is -2.18. The zero-order valence-corrected chi connectivity index (χ0v) is 22.0. The third-order valence-corrected chi connectivity index (χ3v) is 7.00. The van der Waals surface area contributed by atoms with Gasteiger partial charge in [0.15, 0.2) is 0 Å². The summed E-state index contributed by atoms with van der Waals surface area (Å²) in [6, 6.07) is 8.27. The number of rotatable bonds is 13. The van der Waals surface area contributed by atoms with Gasteiger partial charge in [0.2, 0.25) is 5.91 Å². The summed E-state index contributed by atoms with van der Waals surface area (Å²) >= 11 is 6.77. The number of unbranched alkanes of at least 4 members (excludes halogenated alkanes) is 4. The number of hydrogen-bond donors (Lipinski definition) is 2. The number of amides is 2. The van der Waals surface area contributed by atoms with Gasteiger partial charge in [-0.3, -0.25) is 19.3 Å². The van der Waals surface area contributed by atoms with Crippen molar-refractivity contribution in [1.82, 2.24) is 10.2 Å². The molecule has 0 saturated carbocycles. The number of carbonyl (C=O) groups is 3. The second kappa shape index (κ2) is 13.6. The molecule has 1 aromatic rings. The van der Waals surface area contributed by atoms with E-state index < -0.39 is 5.97 Å². The molecule has 0 unspecified atom stereocenters. The third kappa shape index (κ3) is 9.58. The van der Waals surface area contributed by atoms with E-state index >= 15 is 0 Å². The van der Waals surface area contributed by atoms with Crippen LogP contribution in [0.1, 0.15) is 83.3 Å². The molecule has 186 valence electrons. The summed E-state index contributed by atoms with van der Waals surface area (Å²) in [5.74, 6) is -0.808. The molecule has 2 rings (SSSR count). The van der Waals surface area contributed by atoms with Crippen LogP contribution in [-0.2, 0) is 19.8 Å². The van der Waals surface area contributed by atoms with Gasteiger partial charge in [-0.25, -0.2) is 0 Å². The minimum absolute atomic E-state index is 0.0178. The van der Waals surface area contributed by atoms with Gasteiger partial charge in [-0.05, 0) is 48.3 Å². The first-order chi connectivity index (χ1) is 16.1. The van der Waals surface area contributed by atoms with Crippen LogP contribution >= 0.6 is 24.0 Å². The molecule has 0 aromatic heterocycles. The molecule has 0 radical (unpaired) electrons. The number of carboxylic acids is 1. The molecule has 1 aliphatic heterocycles. The van der Waals surface area contributed by atoms with Gasteiger partial charge in [-0.1, -0.05) is 81.9 Å². The lowest BCUT2D eigenvalue weighted by atomic mass is 9.87. The van der Waals surface area contributed by atoms with E-state index in [1.165, 1.54) is 17.3 Å². The van der Waals surface area contributed by atoms with Crippen LogP contribution in [0.3, 0.4) is 0 Å². The first-order valence-corrected chi connectivity index (χ1v) is 13.1. The van der Waals surface area contributed by atoms with Crippen LogP contribution in [0.25, 0.3) is 6.08 Å². The summed E-state index contributed by atoms with van der Waals surface area (Å²) in [7, 11) is 0. The second-order valence-corrected chi connectivity index (χ2v) is 11.2. The molecule has 2 amide bonds. The quantitative estimate of drug-likeness (QED) is 0.209. The predicted molar refractivity (Wildman–Crippen MR) is 143 cm³/mol. The van der Waals surface area contributed by atoms with Crippen LogP contribution in [0.15, 0.2) is 29.2 Å². The molecule has 0 aliphatic carbocycles. The van der Waals surface area contributed by atoms with Crippen LogP contribution in [0, 0.1) is 0 Å². The number of hydrogen-bond acceptors (Lipinski definition) is 5. The zero-order chi connectivity index (χ0) is 25.1. The van der Waals surface area contributed by atoms with Gasteiger partial charge in [-0.2, -0.15) is 0 Å². The van der Waals surface area contributed by atoms with Gasteiger partial charge in [0.1, 0.15) is 4.32 Å². The second-order valence-electron chi connectivity index (χ2n) is 9.57. The van der Waals surface area contributed by atoms with Crippen LogP contribution in [0.5, 0.6) is 0 Å². The molecule has 1 fully saturated rings. The van der Waals surface area contributed by atoms with E-state index in [-0.39, 0.29) is 23.7 Å². The zero-order valence-electron chi connectivity index (χ0n) is 20.4. The van der Waals surface area contributed by atoms with Gasteiger partial charge in [0.25, 0.3) is 5.91 Å². The van der Waals surface area contributed by atoms with E-state index in [2.05, 4.69) is 38.2 Å². The van der Waals surface area contributed by atoms with Gasteiger partial charge in [0, 0.05) is 25.9 Å².